The van der Waals surface area contributed by atoms with Gasteiger partial charge in [0.2, 0.25) is 0 Å². The minimum absolute atomic E-state index is 0.162. The van der Waals surface area contributed by atoms with Gasteiger partial charge in [-0.2, -0.15) is 0 Å². The molecule has 0 heterocycles. The van der Waals surface area contributed by atoms with E-state index in [2.05, 4.69) is 45.0 Å². The van der Waals surface area contributed by atoms with Crippen molar-refractivity contribution in [2.75, 3.05) is 6.61 Å². The number of rotatable bonds is 4. The van der Waals surface area contributed by atoms with Crippen LogP contribution in [0.2, 0.25) is 0 Å². The second-order valence-electron chi connectivity index (χ2n) is 6.28. The van der Waals surface area contributed by atoms with E-state index < -0.39 is 0 Å². The molecule has 0 aliphatic rings. The van der Waals surface area contributed by atoms with Crippen molar-refractivity contribution < 1.29 is 4.74 Å². The molecule has 0 radical (unpaired) electrons. The Morgan fingerprint density at radius 3 is 2.25 bits per heavy atom. The Kier molecular flexibility index (Phi) is 4.46. The van der Waals surface area contributed by atoms with Gasteiger partial charge < -0.3 is 10.5 Å². The molecule has 0 spiro atoms. The molecule has 0 aliphatic heterocycles. The molecule has 2 heteroatoms. The van der Waals surface area contributed by atoms with Gasteiger partial charge in [0.15, 0.2) is 0 Å². The number of benzene rings is 2. The zero-order chi connectivity index (χ0) is 14.6. The summed E-state index contributed by atoms with van der Waals surface area (Å²) in [5, 5.41) is 0. The fourth-order valence-corrected chi connectivity index (χ4v) is 1.94. The second-order valence-corrected chi connectivity index (χ2v) is 6.28. The fourth-order valence-electron chi connectivity index (χ4n) is 1.94. The van der Waals surface area contributed by atoms with Gasteiger partial charge in [-0.25, -0.2) is 0 Å². The largest absolute Gasteiger partial charge is 0.493 e. The Labute approximate surface area is 121 Å². The molecule has 20 heavy (non-hydrogen) atoms. The number of ether oxygens (including phenoxy) is 1. The lowest BCUT2D eigenvalue weighted by Gasteiger charge is -2.19. The van der Waals surface area contributed by atoms with Crippen molar-refractivity contribution in [3.63, 3.8) is 0 Å². The summed E-state index contributed by atoms with van der Waals surface area (Å²) in [6.07, 6.45) is 0. The summed E-state index contributed by atoms with van der Waals surface area (Å²) in [4.78, 5) is 0. The van der Waals surface area contributed by atoms with E-state index in [-0.39, 0.29) is 5.41 Å². The van der Waals surface area contributed by atoms with Gasteiger partial charge in [0.25, 0.3) is 0 Å². The van der Waals surface area contributed by atoms with Gasteiger partial charge >= 0.3 is 0 Å². The maximum absolute atomic E-state index is 5.86. The van der Waals surface area contributed by atoms with Crippen molar-refractivity contribution in [3.8, 4) is 16.9 Å². The van der Waals surface area contributed by atoms with Crippen LogP contribution in [0.4, 0.5) is 0 Å². The smallest absolute Gasteiger partial charge is 0.119 e. The van der Waals surface area contributed by atoms with E-state index in [9.17, 15) is 0 Å². The zero-order valence-corrected chi connectivity index (χ0v) is 12.5. The van der Waals surface area contributed by atoms with Crippen LogP contribution in [-0.4, -0.2) is 6.61 Å². The van der Waals surface area contributed by atoms with Crippen LogP contribution in [-0.2, 0) is 6.54 Å². The third-order valence-corrected chi connectivity index (χ3v) is 3.00. The van der Waals surface area contributed by atoms with Crippen LogP contribution in [0.15, 0.2) is 48.5 Å². The molecule has 0 unspecified atom stereocenters. The molecular weight excluding hydrogens is 246 g/mol. The minimum Gasteiger partial charge on any atom is -0.493 e. The van der Waals surface area contributed by atoms with Gasteiger partial charge in [-0.05, 0) is 40.3 Å². The first-order chi connectivity index (χ1) is 9.48. The summed E-state index contributed by atoms with van der Waals surface area (Å²) < 4.78 is 5.86. The first kappa shape index (κ1) is 14.6. The van der Waals surface area contributed by atoms with Gasteiger partial charge in [0.1, 0.15) is 5.75 Å². The van der Waals surface area contributed by atoms with E-state index in [1.165, 1.54) is 5.56 Å². The second kappa shape index (κ2) is 6.10. The van der Waals surface area contributed by atoms with Crippen molar-refractivity contribution in [2.45, 2.75) is 27.3 Å². The number of hydrogen-bond acceptors (Lipinski definition) is 2. The quantitative estimate of drug-likeness (QED) is 0.901. The maximum Gasteiger partial charge on any atom is 0.119 e. The lowest BCUT2D eigenvalue weighted by molar-refractivity contribution is 0.198. The van der Waals surface area contributed by atoms with E-state index in [0.29, 0.717) is 13.2 Å². The van der Waals surface area contributed by atoms with E-state index in [1.807, 2.05) is 24.3 Å². The first-order valence-electron chi connectivity index (χ1n) is 7.00. The molecule has 2 rings (SSSR count). The molecule has 0 saturated heterocycles. The molecule has 0 bridgehead atoms. The van der Waals surface area contributed by atoms with Gasteiger partial charge in [0.05, 0.1) is 6.61 Å². The number of hydrogen-bond donors (Lipinski definition) is 1. The third-order valence-electron chi connectivity index (χ3n) is 3.00. The minimum atomic E-state index is 0.162. The van der Waals surface area contributed by atoms with E-state index >= 15 is 0 Å². The lowest BCUT2D eigenvalue weighted by atomic mass is 9.98. The Hall–Kier alpha value is -1.80. The highest BCUT2D eigenvalue weighted by Crippen LogP contribution is 2.25. The molecule has 2 N–H and O–H groups in total. The normalized spacial score (nSPS) is 11.4. The summed E-state index contributed by atoms with van der Waals surface area (Å²) in [5.41, 5.74) is 9.34. The van der Waals surface area contributed by atoms with E-state index in [1.54, 1.807) is 0 Å². The fraction of sp³-hybridized carbons (Fsp3) is 0.333. The maximum atomic E-state index is 5.86. The predicted molar refractivity (Wildman–Crippen MR) is 84.7 cm³/mol. The predicted octanol–water partition coefficient (Wildman–Crippen LogP) is 4.24. The summed E-state index contributed by atoms with van der Waals surface area (Å²) >= 11 is 0. The van der Waals surface area contributed by atoms with Crippen molar-refractivity contribution >= 4 is 0 Å². The molecule has 2 aromatic rings. The van der Waals surface area contributed by atoms with Crippen LogP contribution >= 0.6 is 0 Å². The van der Waals surface area contributed by atoms with Crippen LogP contribution in [0.1, 0.15) is 26.3 Å². The van der Waals surface area contributed by atoms with E-state index in [4.69, 9.17) is 10.5 Å². The first-order valence-corrected chi connectivity index (χ1v) is 7.00. The van der Waals surface area contributed by atoms with Crippen molar-refractivity contribution in [1.29, 1.82) is 0 Å². The van der Waals surface area contributed by atoms with E-state index in [0.717, 1.165) is 16.9 Å². The Morgan fingerprint density at radius 2 is 1.60 bits per heavy atom. The van der Waals surface area contributed by atoms with Crippen molar-refractivity contribution in [3.05, 3.63) is 54.1 Å². The Balaban J connectivity index is 2.20. The van der Waals surface area contributed by atoms with Crippen LogP contribution in [0.5, 0.6) is 5.75 Å². The summed E-state index contributed by atoms with van der Waals surface area (Å²) in [6, 6.07) is 16.5. The molecule has 0 amide bonds. The molecule has 2 nitrogen and oxygen atoms in total. The van der Waals surface area contributed by atoms with Crippen LogP contribution < -0.4 is 10.5 Å². The highest BCUT2D eigenvalue weighted by Gasteiger charge is 2.11. The van der Waals surface area contributed by atoms with Gasteiger partial charge in [0, 0.05) is 6.54 Å². The lowest BCUT2D eigenvalue weighted by Crippen LogP contribution is -2.16. The molecule has 0 atom stereocenters. The number of nitrogens with two attached hydrogens (primary N) is 1. The molecule has 0 saturated carbocycles. The van der Waals surface area contributed by atoms with Crippen LogP contribution in [0.25, 0.3) is 11.1 Å². The molecule has 0 aliphatic carbocycles. The van der Waals surface area contributed by atoms with Gasteiger partial charge in [-0.15, -0.1) is 0 Å². The molecule has 0 aromatic heterocycles. The molecule has 106 valence electrons. The third kappa shape index (κ3) is 4.10. The average molecular weight is 269 g/mol. The summed E-state index contributed by atoms with van der Waals surface area (Å²) in [6.45, 7) is 7.78. The van der Waals surface area contributed by atoms with Crippen molar-refractivity contribution in [2.24, 2.45) is 11.1 Å². The van der Waals surface area contributed by atoms with Crippen LogP contribution in [0, 0.1) is 5.41 Å². The summed E-state index contributed by atoms with van der Waals surface area (Å²) in [7, 11) is 0. The molecule has 2 aromatic carbocycles. The van der Waals surface area contributed by atoms with Gasteiger partial charge in [-0.1, -0.05) is 51.1 Å². The monoisotopic (exact) mass is 269 g/mol. The highest BCUT2D eigenvalue weighted by molar-refractivity contribution is 5.65. The standard InChI is InChI=1S/C18H23NO/c1-18(2,3)13-20-17-9-5-8-16(11-17)15-7-4-6-14(10-15)12-19/h4-11H,12-13,19H2,1-3H3. The molecule has 0 fully saturated rings. The molecular formula is C18H23NO. The Morgan fingerprint density at radius 1 is 0.950 bits per heavy atom. The summed E-state index contributed by atoms with van der Waals surface area (Å²) in [5.74, 6) is 0.913. The highest BCUT2D eigenvalue weighted by atomic mass is 16.5. The van der Waals surface area contributed by atoms with Crippen molar-refractivity contribution in [1.82, 2.24) is 0 Å². The SMILES string of the molecule is CC(C)(C)COc1cccc(-c2cccc(CN)c2)c1. The average Bonchev–Trinajstić information content (AvgIpc) is 2.45. The van der Waals surface area contributed by atoms with Crippen LogP contribution in [0.3, 0.4) is 0 Å². The zero-order valence-electron chi connectivity index (χ0n) is 12.5. The topological polar surface area (TPSA) is 35.2 Å². The van der Waals surface area contributed by atoms with Gasteiger partial charge in [-0.3, -0.25) is 0 Å². The Bertz CT molecular complexity index is 570.